The highest BCUT2D eigenvalue weighted by Crippen LogP contribution is 2.24. The summed E-state index contributed by atoms with van der Waals surface area (Å²) in [5, 5.41) is 5.81. The number of aryl methyl sites for hydroxylation is 1. The second-order valence-corrected chi connectivity index (χ2v) is 5.25. The normalized spacial score (nSPS) is 11.7. The number of amides is 1. The Morgan fingerprint density at radius 1 is 1.26 bits per heavy atom. The van der Waals surface area contributed by atoms with Gasteiger partial charge in [0.2, 0.25) is 5.91 Å². The van der Waals surface area contributed by atoms with Gasteiger partial charge in [-0.1, -0.05) is 18.2 Å². The number of anilines is 2. The molecule has 0 aromatic heterocycles. The lowest BCUT2D eigenvalue weighted by atomic mass is 10.2. The number of rotatable bonds is 6. The van der Waals surface area contributed by atoms with Crippen LogP contribution in [0.1, 0.15) is 19.4 Å². The fourth-order valence-electron chi connectivity index (χ4n) is 2.09. The minimum absolute atomic E-state index is 0.224. The maximum Gasteiger partial charge on any atom is 0.246 e. The number of hydrogen-bond donors (Lipinski definition) is 2. The zero-order valence-electron chi connectivity index (χ0n) is 13.5. The van der Waals surface area contributed by atoms with Crippen molar-refractivity contribution in [2.24, 2.45) is 0 Å². The molecule has 2 aromatic rings. The van der Waals surface area contributed by atoms with Crippen molar-refractivity contribution in [3.05, 3.63) is 53.8 Å². The molecule has 0 saturated heterocycles. The van der Waals surface area contributed by atoms with Crippen molar-refractivity contribution in [2.75, 3.05) is 17.2 Å². The van der Waals surface area contributed by atoms with E-state index in [1.165, 1.54) is 6.07 Å². The zero-order chi connectivity index (χ0) is 16.8. The highest BCUT2D eigenvalue weighted by atomic mass is 19.1. The van der Waals surface area contributed by atoms with E-state index in [1.54, 1.807) is 38.1 Å². The van der Waals surface area contributed by atoms with E-state index in [2.05, 4.69) is 10.6 Å². The molecular formula is C18H21FN2O2. The molecule has 0 heterocycles. The number of para-hydroxylation sites is 2. The topological polar surface area (TPSA) is 50.4 Å². The Balaban J connectivity index is 2.04. The Hall–Kier alpha value is -2.56. The summed E-state index contributed by atoms with van der Waals surface area (Å²) in [6, 6.07) is 11.5. The van der Waals surface area contributed by atoms with Gasteiger partial charge in [-0.05, 0) is 50.6 Å². The summed E-state index contributed by atoms with van der Waals surface area (Å²) in [5.74, 6) is 0.0966. The summed E-state index contributed by atoms with van der Waals surface area (Å²) in [4.78, 5) is 12.3. The number of ether oxygens (including phenoxy) is 1. The van der Waals surface area contributed by atoms with Crippen LogP contribution in [0.15, 0.2) is 42.5 Å². The van der Waals surface area contributed by atoms with E-state index in [-0.39, 0.29) is 11.7 Å². The third kappa shape index (κ3) is 4.45. The SMILES string of the molecule is CCOc1ccccc1NC(=O)C(C)Nc1ccc(C)c(F)c1. The highest BCUT2D eigenvalue weighted by molar-refractivity contribution is 5.97. The maximum atomic E-state index is 13.6. The van der Waals surface area contributed by atoms with Crippen molar-refractivity contribution in [1.82, 2.24) is 0 Å². The van der Waals surface area contributed by atoms with Gasteiger partial charge in [-0.15, -0.1) is 0 Å². The molecule has 0 spiro atoms. The molecule has 0 saturated carbocycles. The first-order valence-electron chi connectivity index (χ1n) is 7.56. The third-order valence-corrected chi connectivity index (χ3v) is 3.39. The van der Waals surface area contributed by atoms with Crippen LogP contribution < -0.4 is 15.4 Å². The predicted molar refractivity (Wildman–Crippen MR) is 90.5 cm³/mol. The quantitative estimate of drug-likeness (QED) is 0.848. The van der Waals surface area contributed by atoms with Crippen LogP contribution in [-0.4, -0.2) is 18.6 Å². The molecule has 23 heavy (non-hydrogen) atoms. The Labute approximate surface area is 135 Å². The fourth-order valence-corrected chi connectivity index (χ4v) is 2.09. The second-order valence-electron chi connectivity index (χ2n) is 5.25. The Kier molecular flexibility index (Phi) is 5.57. The molecule has 4 nitrogen and oxygen atoms in total. The van der Waals surface area contributed by atoms with E-state index in [9.17, 15) is 9.18 Å². The van der Waals surface area contributed by atoms with Crippen molar-refractivity contribution in [1.29, 1.82) is 0 Å². The molecule has 0 aliphatic heterocycles. The number of nitrogens with one attached hydrogen (secondary N) is 2. The summed E-state index contributed by atoms with van der Waals surface area (Å²) in [6.45, 7) is 5.81. The van der Waals surface area contributed by atoms with Gasteiger partial charge in [0.05, 0.1) is 12.3 Å². The lowest BCUT2D eigenvalue weighted by Gasteiger charge is -2.17. The number of carbonyl (C=O) groups excluding carboxylic acids is 1. The maximum absolute atomic E-state index is 13.6. The molecule has 0 fully saturated rings. The number of halogens is 1. The van der Waals surface area contributed by atoms with E-state index in [0.29, 0.717) is 29.3 Å². The van der Waals surface area contributed by atoms with E-state index in [4.69, 9.17) is 4.74 Å². The van der Waals surface area contributed by atoms with Gasteiger partial charge >= 0.3 is 0 Å². The third-order valence-electron chi connectivity index (χ3n) is 3.39. The number of carbonyl (C=O) groups is 1. The Bertz CT molecular complexity index is 688. The first-order valence-corrected chi connectivity index (χ1v) is 7.56. The molecule has 1 atom stereocenters. The molecule has 0 bridgehead atoms. The van der Waals surface area contributed by atoms with Gasteiger partial charge in [-0.25, -0.2) is 4.39 Å². The molecular weight excluding hydrogens is 295 g/mol. The van der Waals surface area contributed by atoms with Gasteiger partial charge < -0.3 is 15.4 Å². The predicted octanol–water partition coefficient (Wildman–Crippen LogP) is 3.97. The fraction of sp³-hybridized carbons (Fsp3) is 0.278. The Morgan fingerprint density at radius 2 is 2.00 bits per heavy atom. The smallest absolute Gasteiger partial charge is 0.246 e. The van der Waals surface area contributed by atoms with Gasteiger partial charge in [0.1, 0.15) is 17.6 Å². The van der Waals surface area contributed by atoms with Crippen LogP contribution in [0.25, 0.3) is 0 Å². The van der Waals surface area contributed by atoms with Crippen molar-refractivity contribution in [3.63, 3.8) is 0 Å². The van der Waals surface area contributed by atoms with Crippen LogP contribution in [0.3, 0.4) is 0 Å². The van der Waals surface area contributed by atoms with Crippen LogP contribution in [0.5, 0.6) is 5.75 Å². The van der Waals surface area contributed by atoms with Gasteiger partial charge in [-0.2, -0.15) is 0 Å². The van der Waals surface area contributed by atoms with Crippen molar-refractivity contribution in [3.8, 4) is 5.75 Å². The monoisotopic (exact) mass is 316 g/mol. The van der Waals surface area contributed by atoms with Crippen LogP contribution in [0.2, 0.25) is 0 Å². The summed E-state index contributed by atoms with van der Waals surface area (Å²) < 4.78 is 19.0. The largest absolute Gasteiger partial charge is 0.492 e. The van der Waals surface area contributed by atoms with Gasteiger partial charge in [0, 0.05) is 5.69 Å². The lowest BCUT2D eigenvalue weighted by Crippen LogP contribution is -2.32. The first kappa shape index (κ1) is 16.8. The molecule has 5 heteroatoms. The highest BCUT2D eigenvalue weighted by Gasteiger charge is 2.15. The van der Waals surface area contributed by atoms with Gasteiger partial charge in [-0.3, -0.25) is 4.79 Å². The van der Waals surface area contributed by atoms with Crippen LogP contribution in [0.4, 0.5) is 15.8 Å². The van der Waals surface area contributed by atoms with Crippen molar-refractivity contribution >= 4 is 17.3 Å². The standard InChI is InChI=1S/C18H21FN2O2/c1-4-23-17-8-6-5-7-16(17)21-18(22)13(3)20-14-10-9-12(2)15(19)11-14/h5-11,13,20H,4H2,1-3H3,(H,21,22). The lowest BCUT2D eigenvalue weighted by molar-refractivity contribution is -0.116. The van der Waals surface area contributed by atoms with E-state index in [1.807, 2.05) is 19.1 Å². The van der Waals surface area contributed by atoms with Crippen LogP contribution in [0, 0.1) is 12.7 Å². The van der Waals surface area contributed by atoms with Gasteiger partial charge in [0.15, 0.2) is 0 Å². The average Bonchev–Trinajstić information content (AvgIpc) is 2.53. The number of benzene rings is 2. The molecule has 0 aliphatic rings. The molecule has 1 amide bonds. The molecule has 0 aliphatic carbocycles. The Morgan fingerprint density at radius 3 is 2.70 bits per heavy atom. The molecule has 2 N–H and O–H groups in total. The summed E-state index contributed by atoms with van der Waals surface area (Å²) in [6.07, 6.45) is 0. The minimum Gasteiger partial charge on any atom is -0.492 e. The van der Waals surface area contributed by atoms with Crippen molar-refractivity contribution < 1.29 is 13.9 Å². The number of hydrogen-bond acceptors (Lipinski definition) is 3. The van der Waals surface area contributed by atoms with E-state index >= 15 is 0 Å². The zero-order valence-corrected chi connectivity index (χ0v) is 13.5. The summed E-state index contributed by atoms with van der Waals surface area (Å²) in [5.41, 5.74) is 1.75. The molecule has 122 valence electrons. The van der Waals surface area contributed by atoms with E-state index in [0.717, 1.165) is 0 Å². The minimum atomic E-state index is -0.521. The first-order chi connectivity index (χ1) is 11.0. The van der Waals surface area contributed by atoms with Crippen molar-refractivity contribution in [2.45, 2.75) is 26.8 Å². The molecule has 2 aromatic carbocycles. The summed E-state index contributed by atoms with van der Waals surface area (Å²) in [7, 11) is 0. The molecule has 0 radical (unpaired) electrons. The van der Waals surface area contributed by atoms with Gasteiger partial charge in [0.25, 0.3) is 0 Å². The van der Waals surface area contributed by atoms with Crippen LogP contribution in [-0.2, 0) is 4.79 Å². The molecule has 1 unspecified atom stereocenters. The second kappa shape index (κ2) is 7.63. The van der Waals surface area contributed by atoms with Crippen LogP contribution >= 0.6 is 0 Å². The molecule has 2 rings (SSSR count). The van der Waals surface area contributed by atoms with E-state index < -0.39 is 6.04 Å². The average molecular weight is 316 g/mol. The summed E-state index contributed by atoms with van der Waals surface area (Å²) >= 11 is 0.